The third kappa shape index (κ3) is 15.2. The summed E-state index contributed by atoms with van der Waals surface area (Å²) >= 11 is 0. The minimum atomic E-state index is -2.02. The molecule has 0 amide bonds. The zero-order valence-electron chi connectivity index (χ0n) is 17.1. The lowest BCUT2D eigenvalue weighted by Gasteiger charge is -2.26. The van der Waals surface area contributed by atoms with Crippen LogP contribution in [0.15, 0.2) is 0 Å². The van der Waals surface area contributed by atoms with E-state index in [4.69, 9.17) is 8.85 Å². The molecule has 3 heteroatoms. The Balaban J connectivity index is 3.49. The Bertz CT molecular complexity index is 330. The third-order valence-electron chi connectivity index (χ3n) is 4.30. The van der Waals surface area contributed by atoms with Crippen LogP contribution in [0.1, 0.15) is 97.8 Å². The quantitative estimate of drug-likeness (QED) is 0.172. The van der Waals surface area contributed by atoms with Crippen molar-refractivity contribution in [3.63, 3.8) is 0 Å². The van der Waals surface area contributed by atoms with Crippen molar-refractivity contribution in [2.45, 2.75) is 117 Å². The maximum Gasteiger partial charge on any atom is 0.332 e. The smallest absolute Gasteiger partial charge is 0.332 e. The van der Waals surface area contributed by atoms with Gasteiger partial charge in [0.15, 0.2) is 0 Å². The molecule has 0 saturated heterocycles. The molecule has 0 spiro atoms. The first-order valence-electron chi connectivity index (χ1n) is 10.3. The van der Waals surface area contributed by atoms with Crippen LogP contribution in [0.5, 0.6) is 0 Å². The van der Waals surface area contributed by atoms with E-state index in [1.54, 1.807) is 0 Å². The molecule has 0 bridgehead atoms. The Labute approximate surface area is 153 Å². The minimum absolute atomic E-state index is 0.0361. The van der Waals surface area contributed by atoms with E-state index in [9.17, 15) is 0 Å². The van der Waals surface area contributed by atoms with E-state index in [0.717, 1.165) is 19.4 Å². The summed E-state index contributed by atoms with van der Waals surface area (Å²) in [4.78, 5) is 0. The van der Waals surface area contributed by atoms with Crippen molar-refractivity contribution in [3.05, 3.63) is 0 Å². The standard InChI is InChI=1S/C21H42O2Si/c1-6-9-10-11-12-13-14-15-16-17-18-20-22-24(4,5)23-21(8-3)19-7-2/h21H,6,8-18,20H2,1-5H3. The van der Waals surface area contributed by atoms with Gasteiger partial charge in [0.1, 0.15) is 6.10 Å². The maximum absolute atomic E-state index is 6.07. The molecule has 0 fully saturated rings. The summed E-state index contributed by atoms with van der Waals surface area (Å²) in [6, 6.07) is 0. The molecule has 0 aliphatic heterocycles. The molecule has 0 aliphatic rings. The molecule has 0 aliphatic carbocycles. The van der Waals surface area contributed by atoms with Crippen LogP contribution in [-0.4, -0.2) is 21.3 Å². The summed E-state index contributed by atoms with van der Waals surface area (Å²) in [5.41, 5.74) is 0. The van der Waals surface area contributed by atoms with E-state index < -0.39 is 8.56 Å². The topological polar surface area (TPSA) is 18.5 Å². The van der Waals surface area contributed by atoms with Crippen molar-refractivity contribution in [3.8, 4) is 11.8 Å². The van der Waals surface area contributed by atoms with Gasteiger partial charge in [-0.2, -0.15) is 0 Å². The van der Waals surface area contributed by atoms with Crippen LogP contribution in [0.4, 0.5) is 0 Å². The van der Waals surface area contributed by atoms with Crippen molar-refractivity contribution >= 4 is 8.56 Å². The maximum atomic E-state index is 6.07. The molecule has 0 radical (unpaired) electrons. The molecule has 1 atom stereocenters. The Morgan fingerprint density at radius 2 is 1.29 bits per heavy atom. The fourth-order valence-electron chi connectivity index (χ4n) is 2.84. The lowest BCUT2D eigenvalue weighted by Crippen LogP contribution is -2.38. The number of hydrogen-bond acceptors (Lipinski definition) is 2. The van der Waals surface area contributed by atoms with Crippen molar-refractivity contribution in [2.24, 2.45) is 0 Å². The predicted molar refractivity (Wildman–Crippen MR) is 109 cm³/mol. The van der Waals surface area contributed by atoms with E-state index >= 15 is 0 Å². The fraction of sp³-hybridized carbons (Fsp3) is 0.905. The van der Waals surface area contributed by atoms with E-state index in [2.05, 4.69) is 38.8 Å². The molecule has 2 nitrogen and oxygen atoms in total. The Morgan fingerprint density at radius 3 is 1.75 bits per heavy atom. The second-order valence-corrected chi connectivity index (χ2v) is 10.5. The van der Waals surface area contributed by atoms with Gasteiger partial charge in [-0.25, -0.2) is 0 Å². The van der Waals surface area contributed by atoms with E-state index in [1.165, 1.54) is 64.2 Å². The van der Waals surface area contributed by atoms with Gasteiger partial charge < -0.3 is 8.85 Å². The normalized spacial score (nSPS) is 12.7. The van der Waals surface area contributed by atoms with E-state index in [-0.39, 0.29) is 6.10 Å². The molecule has 1 unspecified atom stereocenters. The van der Waals surface area contributed by atoms with Gasteiger partial charge >= 0.3 is 8.56 Å². The highest BCUT2D eigenvalue weighted by Gasteiger charge is 2.27. The summed E-state index contributed by atoms with van der Waals surface area (Å²) in [7, 11) is -2.02. The highest BCUT2D eigenvalue weighted by molar-refractivity contribution is 6.64. The summed E-state index contributed by atoms with van der Waals surface area (Å²) in [6.07, 6.45) is 16.0. The lowest BCUT2D eigenvalue weighted by molar-refractivity contribution is 0.146. The lowest BCUT2D eigenvalue weighted by atomic mass is 10.1. The summed E-state index contributed by atoms with van der Waals surface area (Å²) < 4.78 is 12.1. The molecular formula is C21H42O2Si. The monoisotopic (exact) mass is 354 g/mol. The van der Waals surface area contributed by atoms with Gasteiger partial charge in [-0.3, -0.25) is 0 Å². The fourth-order valence-corrected chi connectivity index (χ4v) is 4.45. The van der Waals surface area contributed by atoms with Crippen LogP contribution in [0.25, 0.3) is 0 Å². The third-order valence-corrected chi connectivity index (χ3v) is 6.05. The Morgan fingerprint density at radius 1 is 0.792 bits per heavy atom. The zero-order chi connectivity index (χ0) is 18.1. The van der Waals surface area contributed by atoms with Crippen LogP contribution in [0.2, 0.25) is 13.1 Å². The van der Waals surface area contributed by atoms with Crippen molar-refractivity contribution in [2.75, 3.05) is 6.61 Å². The van der Waals surface area contributed by atoms with E-state index in [0.29, 0.717) is 0 Å². The van der Waals surface area contributed by atoms with Gasteiger partial charge in [-0.1, -0.05) is 84.0 Å². The summed E-state index contributed by atoms with van der Waals surface area (Å²) in [5, 5.41) is 0. The zero-order valence-corrected chi connectivity index (χ0v) is 18.1. The second-order valence-electron chi connectivity index (χ2n) is 7.19. The predicted octanol–water partition coefficient (Wildman–Crippen LogP) is 6.83. The van der Waals surface area contributed by atoms with Gasteiger partial charge in [-0.05, 0) is 32.9 Å². The highest BCUT2D eigenvalue weighted by atomic mass is 28.4. The second kappa shape index (κ2) is 16.2. The first-order valence-corrected chi connectivity index (χ1v) is 13.1. The van der Waals surface area contributed by atoms with Gasteiger partial charge in [0.05, 0.1) is 0 Å². The molecule has 0 saturated carbocycles. The van der Waals surface area contributed by atoms with Crippen molar-refractivity contribution in [1.29, 1.82) is 0 Å². The summed E-state index contributed by atoms with van der Waals surface area (Å²) in [5.74, 6) is 6.06. The average molecular weight is 355 g/mol. The molecule has 0 N–H and O–H groups in total. The Hall–Kier alpha value is -0.303. The van der Waals surface area contributed by atoms with Crippen LogP contribution in [-0.2, 0) is 8.85 Å². The van der Waals surface area contributed by atoms with Gasteiger partial charge in [0.2, 0.25) is 0 Å². The largest absolute Gasteiger partial charge is 0.394 e. The van der Waals surface area contributed by atoms with Crippen LogP contribution < -0.4 is 0 Å². The molecule has 0 aromatic heterocycles. The number of unbranched alkanes of at least 4 members (excludes halogenated alkanes) is 10. The minimum Gasteiger partial charge on any atom is -0.394 e. The molecular weight excluding hydrogens is 312 g/mol. The van der Waals surface area contributed by atoms with Crippen LogP contribution >= 0.6 is 0 Å². The van der Waals surface area contributed by atoms with E-state index in [1.807, 2.05) is 6.92 Å². The first kappa shape index (κ1) is 23.7. The van der Waals surface area contributed by atoms with Crippen LogP contribution in [0, 0.1) is 11.8 Å². The SMILES string of the molecule is CC#CC(CC)O[Si](C)(C)OCCCCCCCCCCCCC. The summed E-state index contributed by atoms with van der Waals surface area (Å²) in [6.45, 7) is 11.4. The molecule has 24 heavy (non-hydrogen) atoms. The van der Waals surface area contributed by atoms with Gasteiger partial charge in [0, 0.05) is 6.61 Å². The number of hydrogen-bond donors (Lipinski definition) is 0. The molecule has 0 rings (SSSR count). The van der Waals surface area contributed by atoms with Crippen LogP contribution in [0.3, 0.4) is 0 Å². The molecule has 0 aromatic carbocycles. The average Bonchev–Trinajstić information content (AvgIpc) is 2.55. The Kier molecular flexibility index (Phi) is 16.0. The first-order chi connectivity index (χ1) is 11.6. The molecule has 0 aromatic rings. The molecule has 142 valence electrons. The highest BCUT2D eigenvalue weighted by Crippen LogP contribution is 2.14. The molecule has 0 heterocycles. The van der Waals surface area contributed by atoms with Crippen molar-refractivity contribution in [1.82, 2.24) is 0 Å². The van der Waals surface area contributed by atoms with Gasteiger partial charge in [0.25, 0.3) is 0 Å². The van der Waals surface area contributed by atoms with Gasteiger partial charge in [-0.15, -0.1) is 5.92 Å². The van der Waals surface area contributed by atoms with Crippen molar-refractivity contribution < 1.29 is 8.85 Å². The number of rotatable bonds is 16.